The van der Waals surface area contributed by atoms with Crippen LogP contribution >= 0.6 is 0 Å². The molecule has 1 aliphatic heterocycles. The molecule has 1 saturated carbocycles. The van der Waals surface area contributed by atoms with E-state index in [1.807, 2.05) is 26.0 Å². The standard InChI is InChI=1S/C26H39N3O3Si/c1-17-14-18(2)24(21(30)15-17)19-16-23-25(28-27-19)29(12-13-31-23)20-10-8-9-11-22(20)32-33(6,7)26(3,4)5/h14-16,20,22,30H,8-13H2,1-7H3/t20-,22-/m1/s1. The SMILES string of the molecule is Cc1cc(C)c(-c2cc3c(nn2)N([C@@H]2CCCC[C@H]2O[Si](C)(C)C(C)(C)C)CCO3)c(O)c1. The van der Waals surface area contributed by atoms with Crippen LogP contribution in [0.25, 0.3) is 11.3 Å². The third kappa shape index (κ3) is 4.76. The number of aryl methyl sites for hydroxylation is 2. The first-order chi connectivity index (χ1) is 15.5. The lowest BCUT2D eigenvalue weighted by molar-refractivity contribution is 0.108. The second-order valence-corrected chi connectivity index (χ2v) is 16.0. The lowest BCUT2D eigenvalue weighted by Gasteiger charge is -2.47. The molecule has 2 aromatic rings. The van der Waals surface area contributed by atoms with E-state index in [1.54, 1.807) is 6.07 Å². The number of phenolic OH excluding ortho intramolecular Hbond substituents is 1. The van der Waals surface area contributed by atoms with E-state index in [-0.39, 0.29) is 22.9 Å². The molecule has 1 N–H and O–H groups in total. The van der Waals surface area contributed by atoms with E-state index in [1.165, 1.54) is 12.8 Å². The molecule has 4 rings (SSSR count). The van der Waals surface area contributed by atoms with Crippen molar-refractivity contribution in [1.82, 2.24) is 10.2 Å². The van der Waals surface area contributed by atoms with Gasteiger partial charge in [0.05, 0.1) is 18.7 Å². The zero-order valence-corrected chi connectivity index (χ0v) is 22.2. The average Bonchev–Trinajstić information content (AvgIpc) is 2.72. The number of fused-ring (bicyclic) bond motifs is 1. The number of nitrogens with zero attached hydrogens (tertiary/aromatic N) is 3. The Morgan fingerprint density at radius 2 is 1.82 bits per heavy atom. The van der Waals surface area contributed by atoms with Crippen LogP contribution in [0, 0.1) is 13.8 Å². The summed E-state index contributed by atoms with van der Waals surface area (Å²) in [5, 5.41) is 19.9. The van der Waals surface area contributed by atoms with Gasteiger partial charge in [0, 0.05) is 11.6 Å². The van der Waals surface area contributed by atoms with Crippen molar-refractivity contribution in [2.75, 3.05) is 18.1 Å². The average molecular weight is 470 g/mol. The van der Waals surface area contributed by atoms with Gasteiger partial charge >= 0.3 is 0 Å². The summed E-state index contributed by atoms with van der Waals surface area (Å²) < 4.78 is 13.0. The number of anilines is 1. The van der Waals surface area contributed by atoms with Crippen molar-refractivity contribution in [2.24, 2.45) is 0 Å². The van der Waals surface area contributed by atoms with Crippen LogP contribution in [-0.2, 0) is 4.43 Å². The number of hydrogen-bond donors (Lipinski definition) is 1. The monoisotopic (exact) mass is 469 g/mol. The first-order valence-corrected chi connectivity index (χ1v) is 15.1. The molecular formula is C26H39N3O3Si. The van der Waals surface area contributed by atoms with Crippen molar-refractivity contribution in [3.8, 4) is 22.8 Å². The van der Waals surface area contributed by atoms with Gasteiger partial charge in [-0.1, -0.05) is 39.7 Å². The van der Waals surface area contributed by atoms with Crippen LogP contribution in [0.4, 0.5) is 5.82 Å². The third-order valence-electron chi connectivity index (χ3n) is 7.64. The normalized spacial score (nSPS) is 21.5. The predicted molar refractivity (Wildman–Crippen MR) is 136 cm³/mol. The number of aromatic nitrogens is 2. The van der Waals surface area contributed by atoms with Crippen molar-refractivity contribution in [1.29, 1.82) is 0 Å². The highest BCUT2D eigenvalue weighted by Crippen LogP contribution is 2.42. The van der Waals surface area contributed by atoms with Gasteiger partial charge in [-0.15, -0.1) is 10.2 Å². The summed E-state index contributed by atoms with van der Waals surface area (Å²) >= 11 is 0. The van der Waals surface area contributed by atoms with Gasteiger partial charge in [-0.3, -0.25) is 0 Å². The minimum atomic E-state index is -1.88. The first kappa shape index (κ1) is 24.0. The van der Waals surface area contributed by atoms with Crippen LogP contribution in [0.15, 0.2) is 18.2 Å². The van der Waals surface area contributed by atoms with Crippen molar-refractivity contribution >= 4 is 14.1 Å². The molecule has 2 aliphatic rings. The quantitative estimate of drug-likeness (QED) is 0.554. The molecule has 0 radical (unpaired) electrons. The molecule has 6 nitrogen and oxygen atoms in total. The summed E-state index contributed by atoms with van der Waals surface area (Å²) in [6, 6.07) is 6.03. The van der Waals surface area contributed by atoms with Gasteiger partial charge in [-0.05, 0) is 62.0 Å². The second-order valence-electron chi connectivity index (χ2n) is 11.2. The number of phenols is 1. The lowest BCUT2D eigenvalue weighted by atomic mass is 9.91. The van der Waals surface area contributed by atoms with E-state index >= 15 is 0 Å². The molecule has 33 heavy (non-hydrogen) atoms. The topological polar surface area (TPSA) is 67.7 Å². The van der Waals surface area contributed by atoms with Crippen LogP contribution < -0.4 is 9.64 Å². The smallest absolute Gasteiger partial charge is 0.194 e. The second kappa shape index (κ2) is 8.91. The van der Waals surface area contributed by atoms with Gasteiger partial charge in [-0.2, -0.15) is 0 Å². The Kier molecular flexibility index (Phi) is 6.48. The first-order valence-electron chi connectivity index (χ1n) is 12.2. The maximum absolute atomic E-state index is 10.6. The van der Waals surface area contributed by atoms with Crippen LogP contribution in [-0.4, -0.2) is 48.9 Å². The summed E-state index contributed by atoms with van der Waals surface area (Å²) in [6.07, 6.45) is 4.81. The van der Waals surface area contributed by atoms with Gasteiger partial charge in [0.15, 0.2) is 19.9 Å². The molecule has 7 heteroatoms. The molecule has 1 aromatic heterocycles. The number of ether oxygens (including phenoxy) is 1. The fourth-order valence-electron chi connectivity index (χ4n) is 4.88. The molecule has 0 bridgehead atoms. The zero-order valence-electron chi connectivity index (χ0n) is 21.2. The number of aromatic hydroxyl groups is 1. The molecular weight excluding hydrogens is 430 g/mol. The lowest BCUT2D eigenvalue weighted by Crippen LogP contribution is -2.54. The summed E-state index contributed by atoms with van der Waals surface area (Å²) in [6.45, 7) is 17.0. The van der Waals surface area contributed by atoms with E-state index in [0.717, 1.165) is 42.1 Å². The van der Waals surface area contributed by atoms with Crippen LogP contribution in [0.3, 0.4) is 0 Å². The Morgan fingerprint density at radius 3 is 2.52 bits per heavy atom. The molecule has 180 valence electrons. The summed E-state index contributed by atoms with van der Waals surface area (Å²) in [5.74, 6) is 1.76. The number of benzene rings is 1. The third-order valence-corrected chi connectivity index (χ3v) is 12.1. The van der Waals surface area contributed by atoms with E-state index in [2.05, 4.69) is 49.0 Å². The van der Waals surface area contributed by atoms with E-state index in [9.17, 15) is 5.11 Å². The van der Waals surface area contributed by atoms with Gasteiger partial charge in [0.1, 0.15) is 18.1 Å². The Bertz CT molecular complexity index is 995. The van der Waals surface area contributed by atoms with E-state index in [0.29, 0.717) is 17.9 Å². The summed E-state index contributed by atoms with van der Waals surface area (Å²) in [4.78, 5) is 2.37. The highest BCUT2D eigenvalue weighted by Gasteiger charge is 2.43. The van der Waals surface area contributed by atoms with Crippen molar-refractivity contribution in [3.63, 3.8) is 0 Å². The molecule has 0 amide bonds. The maximum Gasteiger partial charge on any atom is 0.194 e. The van der Waals surface area contributed by atoms with Crippen molar-refractivity contribution < 1.29 is 14.3 Å². The van der Waals surface area contributed by atoms with Gasteiger partial charge in [0.25, 0.3) is 0 Å². The van der Waals surface area contributed by atoms with Gasteiger partial charge < -0.3 is 19.2 Å². The Hall–Kier alpha value is -2.12. The minimum absolute atomic E-state index is 0.181. The highest BCUT2D eigenvalue weighted by atomic mass is 28.4. The zero-order chi connectivity index (χ0) is 24.0. The Morgan fingerprint density at radius 1 is 1.09 bits per heavy atom. The van der Waals surface area contributed by atoms with Gasteiger partial charge in [0.2, 0.25) is 0 Å². The van der Waals surface area contributed by atoms with Crippen LogP contribution in [0.5, 0.6) is 11.5 Å². The van der Waals surface area contributed by atoms with Crippen LogP contribution in [0.2, 0.25) is 18.1 Å². The largest absolute Gasteiger partial charge is 0.507 e. The molecule has 2 heterocycles. The Labute approximate surface area is 199 Å². The molecule has 0 spiro atoms. The fourth-order valence-corrected chi connectivity index (χ4v) is 6.27. The Balaban J connectivity index is 1.65. The molecule has 0 unspecified atom stereocenters. The van der Waals surface area contributed by atoms with Crippen LogP contribution in [0.1, 0.15) is 57.6 Å². The number of rotatable bonds is 4. The van der Waals surface area contributed by atoms with E-state index in [4.69, 9.17) is 9.16 Å². The maximum atomic E-state index is 10.6. The van der Waals surface area contributed by atoms with Gasteiger partial charge in [-0.25, -0.2) is 0 Å². The predicted octanol–water partition coefficient (Wildman–Crippen LogP) is 6.00. The fraction of sp³-hybridized carbons (Fsp3) is 0.615. The summed E-state index contributed by atoms with van der Waals surface area (Å²) in [5.41, 5.74) is 3.36. The molecule has 1 aliphatic carbocycles. The molecule has 1 fully saturated rings. The summed E-state index contributed by atoms with van der Waals surface area (Å²) in [7, 11) is -1.88. The molecule has 2 atom stereocenters. The molecule has 0 saturated heterocycles. The highest BCUT2D eigenvalue weighted by molar-refractivity contribution is 6.74. The van der Waals surface area contributed by atoms with Crippen molar-refractivity contribution in [3.05, 3.63) is 29.3 Å². The van der Waals surface area contributed by atoms with E-state index < -0.39 is 8.32 Å². The molecule has 1 aromatic carbocycles. The number of hydrogen-bond acceptors (Lipinski definition) is 6. The van der Waals surface area contributed by atoms with Crippen molar-refractivity contribution in [2.45, 2.75) is 90.6 Å². The minimum Gasteiger partial charge on any atom is -0.507 e.